The average molecular weight is 340 g/mol. The fraction of sp³-hybridized carbons (Fsp3) is 0.167. The largest absolute Gasteiger partial charge is 0.322 e. The molecule has 3 aromatic rings. The van der Waals surface area contributed by atoms with Crippen LogP contribution in [-0.2, 0) is 6.54 Å². The van der Waals surface area contributed by atoms with E-state index in [9.17, 15) is 14.0 Å². The lowest BCUT2D eigenvalue weighted by Gasteiger charge is -2.21. The smallest absolute Gasteiger partial charge is 0.317 e. The zero-order valence-corrected chi connectivity index (χ0v) is 13.6. The molecule has 0 atom stereocenters. The van der Waals surface area contributed by atoms with Crippen molar-refractivity contribution in [3.05, 3.63) is 70.5 Å². The second kappa shape index (κ2) is 7.12. The molecule has 6 nitrogen and oxygen atoms in total. The number of fused-ring (bicyclic) bond motifs is 1. The summed E-state index contributed by atoms with van der Waals surface area (Å²) < 4.78 is 13.2. The quantitative estimate of drug-likeness (QED) is 0.766. The third-order valence-electron chi connectivity index (χ3n) is 3.75. The van der Waals surface area contributed by atoms with Crippen LogP contribution in [0.25, 0.3) is 10.9 Å². The first kappa shape index (κ1) is 16.6. The molecule has 0 aliphatic heterocycles. The molecule has 2 aromatic carbocycles. The van der Waals surface area contributed by atoms with E-state index in [1.165, 1.54) is 23.1 Å². The Morgan fingerprint density at radius 1 is 1.24 bits per heavy atom. The van der Waals surface area contributed by atoms with Gasteiger partial charge in [-0.05, 0) is 37.3 Å². The van der Waals surface area contributed by atoms with Crippen molar-refractivity contribution in [2.45, 2.75) is 13.5 Å². The molecule has 128 valence electrons. The second-order valence-electron chi connectivity index (χ2n) is 5.48. The van der Waals surface area contributed by atoms with Crippen molar-refractivity contribution in [3.63, 3.8) is 0 Å². The number of nitrogens with zero attached hydrogens (tertiary/aromatic N) is 2. The number of H-pyrrole nitrogens is 1. The minimum atomic E-state index is -0.429. The number of halogens is 1. The summed E-state index contributed by atoms with van der Waals surface area (Å²) in [5.74, 6) is -0.0404. The number of carbonyl (C=O) groups is 1. The number of carbonyl (C=O) groups excluding carboxylic acids is 1. The molecule has 0 saturated carbocycles. The van der Waals surface area contributed by atoms with Gasteiger partial charge in [-0.3, -0.25) is 4.79 Å². The first-order chi connectivity index (χ1) is 12.1. The molecule has 2 amide bonds. The highest BCUT2D eigenvalue weighted by molar-refractivity contribution is 5.89. The molecule has 0 aliphatic carbocycles. The number of urea groups is 1. The summed E-state index contributed by atoms with van der Waals surface area (Å²) in [6.07, 6.45) is 0. The van der Waals surface area contributed by atoms with E-state index in [1.807, 2.05) is 6.92 Å². The van der Waals surface area contributed by atoms with Crippen LogP contribution in [0.2, 0.25) is 0 Å². The van der Waals surface area contributed by atoms with Crippen LogP contribution in [0, 0.1) is 5.82 Å². The van der Waals surface area contributed by atoms with Crippen LogP contribution in [0.1, 0.15) is 12.7 Å². The van der Waals surface area contributed by atoms with Gasteiger partial charge >= 0.3 is 6.03 Å². The molecule has 0 radical (unpaired) electrons. The highest BCUT2D eigenvalue weighted by Gasteiger charge is 2.14. The Morgan fingerprint density at radius 3 is 2.80 bits per heavy atom. The SMILES string of the molecule is CCN(Cc1nc2ccccc2c(=O)[nH]1)C(=O)Nc1cccc(F)c1. The lowest BCUT2D eigenvalue weighted by atomic mass is 10.2. The Kier molecular flexibility index (Phi) is 4.74. The lowest BCUT2D eigenvalue weighted by Crippen LogP contribution is -2.35. The molecule has 0 saturated heterocycles. The van der Waals surface area contributed by atoms with Crippen LogP contribution in [0.5, 0.6) is 0 Å². The van der Waals surface area contributed by atoms with E-state index in [4.69, 9.17) is 0 Å². The van der Waals surface area contributed by atoms with Gasteiger partial charge in [0.05, 0.1) is 17.4 Å². The molecule has 0 bridgehead atoms. The van der Waals surface area contributed by atoms with Gasteiger partial charge in [-0.2, -0.15) is 0 Å². The predicted octanol–water partition coefficient (Wildman–Crippen LogP) is 3.12. The van der Waals surface area contributed by atoms with Crippen LogP contribution in [0.15, 0.2) is 53.3 Å². The molecular weight excluding hydrogens is 323 g/mol. The maximum atomic E-state index is 13.2. The van der Waals surface area contributed by atoms with Gasteiger partial charge in [0.2, 0.25) is 0 Å². The molecule has 0 spiro atoms. The van der Waals surface area contributed by atoms with Crippen molar-refractivity contribution >= 4 is 22.6 Å². The third-order valence-corrected chi connectivity index (χ3v) is 3.75. The van der Waals surface area contributed by atoms with E-state index in [-0.39, 0.29) is 12.1 Å². The minimum absolute atomic E-state index is 0.137. The number of amides is 2. The maximum absolute atomic E-state index is 13.2. The van der Waals surface area contributed by atoms with E-state index in [0.717, 1.165) is 0 Å². The summed E-state index contributed by atoms with van der Waals surface area (Å²) in [5.41, 5.74) is 0.688. The van der Waals surface area contributed by atoms with Gasteiger partial charge in [0.25, 0.3) is 5.56 Å². The molecule has 0 fully saturated rings. The Bertz CT molecular complexity index is 970. The van der Waals surface area contributed by atoms with Gasteiger partial charge < -0.3 is 15.2 Å². The Labute approximate surface area is 143 Å². The topological polar surface area (TPSA) is 78.1 Å². The summed E-state index contributed by atoms with van der Waals surface area (Å²) in [6, 6.07) is 12.3. The van der Waals surface area contributed by atoms with Crippen molar-refractivity contribution in [2.24, 2.45) is 0 Å². The number of anilines is 1. The highest BCUT2D eigenvalue weighted by Crippen LogP contribution is 2.11. The van der Waals surface area contributed by atoms with E-state index < -0.39 is 11.8 Å². The fourth-order valence-electron chi connectivity index (χ4n) is 2.49. The molecule has 1 heterocycles. The first-order valence-corrected chi connectivity index (χ1v) is 7.86. The van der Waals surface area contributed by atoms with Crippen LogP contribution in [-0.4, -0.2) is 27.4 Å². The van der Waals surface area contributed by atoms with E-state index in [2.05, 4.69) is 15.3 Å². The summed E-state index contributed by atoms with van der Waals surface area (Å²) in [7, 11) is 0. The highest BCUT2D eigenvalue weighted by atomic mass is 19.1. The van der Waals surface area contributed by atoms with Crippen molar-refractivity contribution in [2.75, 3.05) is 11.9 Å². The van der Waals surface area contributed by atoms with E-state index in [0.29, 0.717) is 29.0 Å². The maximum Gasteiger partial charge on any atom is 0.322 e. The summed E-state index contributed by atoms with van der Waals surface area (Å²) >= 11 is 0. The van der Waals surface area contributed by atoms with E-state index >= 15 is 0 Å². The molecule has 7 heteroatoms. The molecular formula is C18H17FN4O2. The second-order valence-corrected chi connectivity index (χ2v) is 5.48. The van der Waals surface area contributed by atoms with Crippen LogP contribution in [0.4, 0.5) is 14.9 Å². The van der Waals surface area contributed by atoms with Gasteiger partial charge in [0.1, 0.15) is 11.6 Å². The van der Waals surface area contributed by atoms with Crippen molar-refractivity contribution in [3.8, 4) is 0 Å². The Balaban J connectivity index is 1.80. The van der Waals surface area contributed by atoms with Crippen LogP contribution < -0.4 is 10.9 Å². The van der Waals surface area contributed by atoms with Gasteiger partial charge in [0, 0.05) is 12.2 Å². The average Bonchev–Trinajstić information content (AvgIpc) is 2.59. The fourth-order valence-corrected chi connectivity index (χ4v) is 2.49. The zero-order chi connectivity index (χ0) is 17.8. The number of para-hydroxylation sites is 1. The van der Waals surface area contributed by atoms with E-state index in [1.54, 1.807) is 30.3 Å². The van der Waals surface area contributed by atoms with Crippen molar-refractivity contribution in [1.82, 2.24) is 14.9 Å². The minimum Gasteiger partial charge on any atom is -0.317 e. The number of benzene rings is 2. The Hall–Kier alpha value is -3.22. The molecule has 2 N–H and O–H groups in total. The standard InChI is InChI=1S/C18H17FN4O2/c1-2-23(18(25)20-13-7-5-6-12(19)10-13)11-16-21-15-9-4-3-8-14(15)17(24)22-16/h3-10H,2,11H2,1H3,(H,20,25)(H,21,22,24). The molecule has 3 rings (SSSR count). The molecule has 0 unspecified atom stereocenters. The number of hydrogen-bond donors (Lipinski definition) is 2. The molecule has 1 aromatic heterocycles. The summed E-state index contributed by atoms with van der Waals surface area (Å²) in [5, 5.41) is 3.13. The number of aromatic amines is 1. The van der Waals surface area contributed by atoms with Gasteiger partial charge in [-0.15, -0.1) is 0 Å². The van der Waals surface area contributed by atoms with Gasteiger partial charge in [0.15, 0.2) is 0 Å². The molecule has 0 aliphatic rings. The Morgan fingerprint density at radius 2 is 2.04 bits per heavy atom. The lowest BCUT2D eigenvalue weighted by molar-refractivity contribution is 0.211. The number of aromatic nitrogens is 2. The van der Waals surface area contributed by atoms with Gasteiger partial charge in [-0.1, -0.05) is 18.2 Å². The number of rotatable bonds is 4. The number of nitrogens with one attached hydrogen (secondary N) is 2. The predicted molar refractivity (Wildman–Crippen MR) is 93.9 cm³/mol. The number of hydrogen-bond acceptors (Lipinski definition) is 3. The van der Waals surface area contributed by atoms with Gasteiger partial charge in [-0.25, -0.2) is 14.2 Å². The molecule has 25 heavy (non-hydrogen) atoms. The summed E-state index contributed by atoms with van der Waals surface area (Å²) in [4.78, 5) is 33.0. The van der Waals surface area contributed by atoms with Crippen LogP contribution >= 0.6 is 0 Å². The van der Waals surface area contributed by atoms with Crippen LogP contribution in [0.3, 0.4) is 0 Å². The monoisotopic (exact) mass is 340 g/mol. The van der Waals surface area contributed by atoms with Crippen molar-refractivity contribution in [1.29, 1.82) is 0 Å². The normalized spacial score (nSPS) is 10.6. The third kappa shape index (κ3) is 3.82. The zero-order valence-electron chi connectivity index (χ0n) is 13.6. The first-order valence-electron chi connectivity index (χ1n) is 7.86. The summed E-state index contributed by atoms with van der Waals surface area (Å²) in [6.45, 7) is 2.35. The van der Waals surface area contributed by atoms with Crippen molar-refractivity contribution < 1.29 is 9.18 Å².